The van der Waals surface area contributed by atoms with Crippen LogP contribution in [0.5, 0.6) is 5.75 Å². The highest BCUT2D eigenvalue weighted by molar-refractivity contribution is 7.97. The van der Waals surface area contributed by atoms with Gasteiger partial charge in [0.05, 0.1) is 30.5 Å². The van der Waals surface area contributed by atoms with E-state index < -0.39 is 0 Å². The molecule has 130 valence electrons. The van der Waals surface area contributed by atoms with Gasteiger partial charge in [0.15, 0.2) is 5.13 Å². The first-order chi connectivity index (χ1) is 12.2. The summed E-state index contributed by atoms with van der Waals surface area (Å²) in [5.74, 6) is 3.03. The van der Waals surface area contributed by atoms with E-state index in [9.17, 15) is 4.79 Å². The molecule has 3 aromatic rings. The summed E-state index contributed by atoms with van der Waals surface area (Å²) in [5.41, 5.74) is 1.64. The lowest BCUT2D eigenvalue weighted by atomic mass is 10.2. The van der Waals surface area contributed by atoms with Crippen LogP contribution in [0.3, 0.4) is 0 Å². The first-order valence-corrected chi connectivity index (χ1v) is 9.70. The summed E-state index contributed by atoms with van der Waals surface area (Å²) in [4.78, 5) is 18.4. The molecule has 0 unspecified atom stereocenters. The van der Waals surface area contributed by atoms with Crippen LogP contribution in [0.1, 0.15) is 18.4 Å². The molecule has 0 radical (unpaired) electrons. The Morgan fingerprint density at radius 1 is 1.28 bits per heavy atom. The van der Waals surface area contributed by atoms with Crippen LogP contribution in [0.15, 0.2) is 52.5 Å². The van der Waals surface area contributed by atoms with Gasteiger partial charge in [0.1, 0.15) is 11.5 Å². The van der Waals surface area contributed by atoms with Crippen LogP contribution in [-0.2, 0) is 16.3 Å². The number of thiazole rings is 1. The molecule has 0 fully saturated rings. The number of methoxy groups -OCH3 is 1. The van der Waals surface area contributed by atoms with Crippen molar-refractivity contribution in [2.75, 3.05) is 12.0 Å². The third-order valence-electron chi connectivity index (χ3n) is 3.45. The molecule has 1 aromatic carbocycles. The van der Waals surface area contributed by atoms with Crippen molar-refractivity contribution >= 4 is 39.8 Å². The molecule has 3 rings (SSSR count). The summed E-state index contributed by atoms with van der Waals surface area (Å²) < 4.78 is 10.7. The summed E-state index contributed by atoms with van der Waals surface area (Å²) in [5, 5.41) is 2.63. The van der Waals surface area contributed by atoms with Crippen molar-refractivity contribution in [1.82, 2.24) is 4.98 Å². The second kappa shape index (κ2) is 8.22. The van der Waals surface area contributed by atoms with Crippen LogP contribution < -0.4 is 9.64 Å². The number of nitrogens with zero attached hydrogens (tertiary/aromatic N) is 2. The number of anilines is 2. The summed E-state index contributed by atoms with van der Waals surface area (Å²) >= 11 is 3.17. The van der Waals surface area contributed by atoms with Gasteiger partial charge in [-0.2, -0.15) is 0 Å². The molecule has 7 heteroatoms. The second-order valence-corrected chi connectivity index (χ2v) is 7.04. The number of furan rings is 1. The molecular weight excluding hydrogens is 356 g/mol. The summed E-state index contributed by atoms with van der Waals surface area (Å²) in [7, 11) is 1.59. The lowest BCUT2D eigenvalue weighted by Crippen LogP contribution is -2.23. The Labute approximate surface area is 154 Å². The molecule has 0 bridgehead atoms. The molecule has 0 saturated carbocycles. The summed E-state index contributed by atoms with van der Waals surface area (Å²) in [6.07, 6.45) is 1.68. The van der Waals surface area contributed by atoms with Crippen LogP contribution in [-0.4, -0.2) is 18.0 Å². The van der Waals surface area contributed by atoms with E-state index in [1.807, 2.05) is 41.8 Å². The van der Waals surface area contributed by atoms with Crippen molar-refractivity contribution in [3.63, 3.8) is 0 Å². The fourth-order valence-corrected chi connectivity index (χ4v) is 4.15. The number of benzene rings is 1. The summed E-state index contributed by atoms with van der Waals surface area (Å²) in [6, 6.07) is 11.3. The molecule has 25 heavy (non-hydrogen) atoms. The lowest BCUT2D eigenvalue weighted by molar-refractivity contribution is -0.115. The second-order valence-electron chi connectivity index (χ2n) is 5.22. The summed E-state index contributed by atoms with van der Waals surface area (Å²) in [6.45, 7) is 1.53. The van der Waals surface area contributed by atoms with Gasteiger partial charge in [-0.05, 0) is 24.3 Å². The molecule has 2 heterocycles. The van der Waals surface area contributed by atoms with Crippen molar-refractivity contribution < 1.29 is 13.9 Å². The quantitative estimate of drug-likeness (QED) is 0.591. The lowest BCUT2D eigenvalue weighted by Gasteiger charge is -2.20. The minimum Gasteiger partial charge on any atom is -0.495 e. The first-order valence-electron chi connectivity index (χ1n) is 7.67. The van der Waals surface area contributed by atoms with Gasteiger partial charge >= 0.3 is 0 Å². The molecule has 0 aliphatic rings. The number of carbonyl (C=O) groups is 1. The SMILES string of the molecule is COc1ccccc1N(C(C)=O)c1nc(CSCc2ccco2)cs1. The van der Waals surface area contributed by atoms with E-state index in [1.54, 1.807) is 30.0 Å². The van der Waals surface area contributed by atoms with Crippen LogP contribution >= 0.6 is 23.1 Å². The minimum atomic E-state index is -0.103. The fourth-order valence-electron chi connectivity index (χ4n) is 2.34. The Bertz CT molecular complexity index is 830. The number of hydrogen-bond acceptors (Lipinski definition) is 6. The molecule has 5 nitrogen and oxygen atoms in total. The number of aromatic nitrogens is 1. The number of amides is 1. The topological polar surface area (TPSA) is 55.6 Å². The Morgan fingerprint density at radius 2 is 2.12 bits per heavy atom. The molecule has 0 saturated heterocycles. The van der Waals surface area contributed by atoms with Gasteiger partial charge in [-0.15, -0.1) is 23.1 Å². The van der Waals surface area contributed by atoms with Crippen molar-refractivity contribution in [2.24, 2.45) is 0 Å². The molecule has 0 spiro atoms. The Kier molecular flexibility index (Phi) is 5.78. The number of ether oxygens (including phenoxy) is 1. The molecule has 0 aliphatic carbocycles. The van der Waals surface area contributed by atoms with E-state index in [2.05, 4.69) is 4.98 Å². The van der Waals surface area contributed by atoms with Gasteiger partial charge < -0.3 is 9.15 Å². The van der Waals surface area contributed by atoms with Gasteiger partial charge in [0.25, 0.3) is 0 Å². The zero-order valence-electron chi connectivity index (χ0n) is 14.0. The smallest absolute Gasteiger partial charge is 0.230 e. The van der Waals surface area contributed by atoms with Crippen molar-refractivity contribution in [3.05, 3.63) is 59.5 Å². The maximum Gasteiger partial charge on any atom is 0.230 e. The van der Waals surface area contributed by atoms with Gasteiger partial charge in [0.2, 0.25) is 5.91 Å². The number of para-hydroxylation sites is 2. The van der Waals surface area contributed by atoms with E-state index in [0.29, 0.717) is 16.6 Å². The van der Waals surface area contributed by atoms with Gasteiger partial charge in [-0.3, -0.25) is 9.69 Å². The number of rotatable bonds is 7. The zero-order chi connectivity index (χ0) is 17.6. The standard InChI is InChI=1S/C18H18N2O3S2/c1-13(21)20(16-7-3-4-8-17(16)22-2)18-19-14(11-25-18)10-24-12-15-6-5-9-23-15/h3-9,11H,10,12H2,1-2H3. The number of carbonyl (C=O) groups excluding carboxylic acids is 1. The highest BCUT2D eigenvalue weighted by Gasteiger charge is 2.21. The van der Waals surface area contributed by atoms with E-state index in [1.165, 1.54) is 18.3 Å². The van der Waals surface area contributed by atoms with E-state index in [4.69, 9.17) is 9.15 Å². The third kappa shape index (κ3) is 4.24. The molecular formula is C18H18N2O3S2. The van der Waals surface area contributed by atoms with Gasteiger partial charge in [-0.25, -0.2) is 4.98 Å². The Hall–Kier alpha value is -2.25. The average Bonchev–Trinajstić information content (AvgIpc) is 3.28. The maximum atomic E-state index is 12.2. The van der Waals surface area contributed by atoms with Crippen molar-refractivity contribution in [1.29, 1.82) is 0 Å². The molecule has 2 aromatic heterocycles. The molecule has 0 N–H and O–H groups in total. The van der Waals surface area contributed by atoms with Gasteiger partial charge in [-0.1, -0.05) is 12.1 Å². The monoisotopic (exact) mass is 374 g/mol. The van der Waals surface area contributed by atoms with E-state index in [-0.39, 0.29) is 5.91 Å². The minimum absolute atomic E-state index is 0.103. The Balaban J connectivity index is 1.74. The third-order valence-corrected chi connectivity index (χ3v) is 5.31. The Morgan fingerprint density at radius 3 is 2.84 bits per heavy atom. The van der Waals surface area contributed by atoms with Crippen LogP contribution in [0, 0.1) is 0 Å². The van der Waals surface area contributed by atoms with E-state index in [0.717, 1.165) is 23.0 Å². The zero-order valence-corrected chi connectivity index (χ0v) is 15.6. The average molecular weight is 374 g/mol. The number of thioether (sulfide) groups is 1. The normalized spacial score (nSPS) is 10.6. The predicted octanol–water partition coefficient (Wildman–Crippen LogP) is 4.86. The molecule has 0 atom stereocenters. The van der Waals surface area contributed by atoms with Crippen molar-refractivity contribution in [2.45, 2.75) is 18.4 Å². The van der Waals surface area contributed by atoms with E-state index >= 15 is 0 Å². The molecule has 1 amide bonds. The van der Waals surface area contributed by atoms with Crippen molar-refractivity contribution in [3.8, 4) is 5.75 Å². The van der Waals surface area contributed by atoms with Crippen LogP contribution in [0.4, 0.5) is 10.8 Å². The molecule has 0 aliphatic heterocycles. The van der Waals surface area contributed by atoms with Gasteiger partial charge in [0, 0.05) is 18.1 Å². The largest absolute Gasteiger partial charge is 0.495 e. The highest BCUT2D eigenvalue weighted by Crippen LogP contribution is 2.35. The first kappa shape index (κ1) is 17.6. The number of hydrogen-bond donors (Lipinski definition) is 0. The van der Waals surface area contributed by atoms with Crippen LogP contribution in [0.2, 0.25) is 0 Å². The predicted molar refractivity (Wildman–Crippen MR) is 102 cm³/mol. The highest BCUT2D eigenvalue weighted by atomic mass is 32.2. The fraction of sp³-hybridized carbons (Fsp3) is 0.222. The maximum absolute atomic E-state index is 12.2. The van der Waals surface area contributed by atoms with Crippen LogP contribution in [0.25, 0.3) is 0 Å².